The van der Waals surface area contributed by atoms with Crippen LogP contribution in [0.15, 0.2) is 35.2 Å². The van der Waals surface area contributed by atoms with Crippen molar-refractivity contribution < 1.29 is 28.2 Å². The first-order valence-corrected chi connectivity index (χ1v) is 7.58. The molecule has 2 aromatic rings. The third-order valence-corrected chi connectivity index (χ3v) is 4.36. The fourth-order valence-electron chi connectivity index (χ4n) is 2.42. The van der Waals surface area contributed by atoms with Crippen LogP contribution in [0.3, 0.4) is 0 Å². The fraction of sp³-hybridized carbons (Fsp3) is 0. The lowest BCUT2D eigenvalue weighted by Crippen LogP contribution is -2.22. The van der Waals surface area contributed by atoms with Gasteiger partial charge in [-0.1, -0.05) is 24.3 Å². The van der Waals surface area contributed by atoms with E-state index in [1.807, 2.05) is 0 Å². The zero-order chi connectivity index (χ0) is 16.2. The summed E-state index contributed by atoms with van der Waals surface area (Å²) in [6.07, 6.45) is 0. The van der Waals surface area contributed by atoms with Gasteiger partial charge in [-0.25, -0.2) is 13.6 Å². The quantitative estimate of drug-likeness (QED) is 0.560. The lowest BCUT2D eigenvalue weighted by molar-refractivity contribution is 0.0975. The predicted molar refractivity (Wildman–Crippen MR) is 74.5 cm³/mol. The van der Waals surface area contributed by atoms with Crippen molar-refractivity contribution in [2.45, 2.75) is 4.90 Å². The van der Waals surface area contributed by atoms with Crippen LogP contribution in [0.4, 0.5) is 0 Å². The van der Waals surface area contributed by atoms with Gasteiger partial charge in [-0.05, 0) is 6.07 Å². The molecule has 0 fully saturated rings. The van der Waals surface area contributed by atoms with E-state index in [0.717, 1.165) is 6.07 Å². The van der Waals surface area contributed by atoms with Crippen molar-refractivity contribution in [1.29, 1.82) is 0 Å². The Balaban J connectivity index is 2.42. The maximum Gasteiger partial charge on any atom is 0.241 e. The van der Waals surface area contributed by atoms with Gasteiger partial charge >= 0.3 is 0 Å². The summed E-state index contributed by atoms with van der Waals surface area (Å²) in [4.78, 5) is 24.0. The summed E-state index contributed by atoms with van der Waals surface area (Å²) in [6.45, 7) is 0. The highest BCUT2D eigenvalue weighted by atomic mass is 32.2. The second-order valence-corrected chi connectivity index (χ2v) is 6.27. The molecule has 7 nitrogen and oxygen atoms in total. The smallest absolute Gasteiger partial charge is 0.241 e. The zero-order valence-corrected chi connectivity index (χ0v) is 11.7. The van der Waals surface area contributed by atoms with Crippen molar-refractivity contribution in [3.8, 4) is 11.5 Å². The van der Waals surface area contributed by atoms with E-state index >= 15 is 0 Å². The molecule has 4 N–H and O–H groups in total. The first kappa shape index (κ1) is 14.2. The normalized spacial score (nSPS) is 13.7. The van der Waals surface area contributed by atoms with Crippen LogP contribution in [-0.2, 0) is 10.0 Å². The van der Waals surface area contributed by atoms with Gasteiger partial charge in [0.25, 0.3) is 0 Å². The Morgan fingerprint density at radius 3 is 1.95 bits per heavy atom. The molecule has 2 aromatic carbocycles. The van der Waals surface area contributed by atoms with Crippen molar-refractivity contribution >= 4 is 21.6 Å². The second kappa shape index (κ2) is 4.39. The largest absolute Gasteiger partial charge is 0.504 e. The monoisotopic (exact) mass is 319 g/mol. The predicted octanol–water partition coefficient (Wildman–Crippen LogP) is 0.521. The molecule has 0 bridgehead atoms. The van der Waals surface area contributed by atoms with Gasteiger partial charge in [0.15, 0.2) is 23.1 Å². The van der Waals surface area contributed by atoms with Crippen LogP contribution >= 0.6 is 0 Å². The Labute approximate surface area is 124 Å². The SMILES string of the molecule is NS(=O)(=O)c1cc2c(c(O)c1O)C(=O)c1ccccc1C2=O. The summed E-state index contributed by atoms with van der Waals surface area (Å²) in [6, 6.07) is 6.72. The number of hydrogen-bond acceptors (Lipinski definition) is 6. The summed E-state index contributed by atoms with van der Waals surface area (Å²) < 4.78 is 22.9. The maximum absolute atomic E-state index is 12.4. The van der Waals surface area contributed by atoms with Gasteiger partial charge in [-0.2, -0.15) is 0 Å². The Morgan fingerprint density at radius 1 is 0.864 bits per heavy atom. The lowest BCUT2D eigenvalue weighted by Gasteiger charge is -2.19. The molecule has 0 heterocycles. The Bertz CT molecular complexity index is 962. The molecule has 22 heavy (non-hydrogen) atoms. The number of carbonyl (C=O) groups is 2. The van der Waals surface area contributed by atoms with Crippen LogP contribution in [0, 0.1) is 0 Å². The van der Waals surface area contributed by atoms with Gasteiger partial charge in [0.1, 0.15) is 4.90 Å². The first-order valence-electron chi connectivity index (χ1n) is 6.03. The minimum atomic E-state index is -4.38. The molecular weight excluding hydrogens is 310 g/mol. The zero-order valence-electron chi connectivity index (χ0n) is 10.9. The second-order valence-electron chi connectivity index (χ2n) is 4.74. The van der Waals surface area contributed by atoms with Crippen molar-refractivity contribution in [1.82, 2.24) is 0 Å². The number of benzene rings is 2. The number of aromatic hydroxyl groups is 2. The van der Waals surface area contributed by atoms with E-state index in [4.69, 9.17) is 5.14 Å². The van der Waals surface area contributed by atoms with Crippen LogP contribution < -0.4 is 5.14 Å². The summed E-state index contributed by atoms with van der Waals surface area (Å²) in [7, 11) is -4.38. The molecule has 0 amide bonds. The van der Waals surface area contributed by atoms with Crippen molar-refractivity contribution in [3.05, 3.63) is 52.6 Å². The molecule has 0 atom stereocenters. The molecule has 0 unspecified atom stereocenters. The molecule has 1 aliphatic rings. The van der Waals surface area contributed by atoms with Crippen LogP contribution in [-0.4, -0.2) is 30.2 Å². The van der Waals surface area contributed by atoms with Crippen molar-refractivity contribution in [2.24, 2.45) is 5.14 Å². The molecule has 0 spiro atoms. The number of hydrogen-bond donors (Lipinski definition) is 3. The topological polar surface area (TPSA) is 135 Å². The number of phenols is 2. The Hall–Kier alpha value is -2.71. The van der Waals surface area contributed by atoms with E-state index in [9.17, 15) is 28.2 Å². The van der Waals surface area contributed by atoms with E-state index in [-0.39, 0.29) is 16.7 Å². The summed E-state index contributed by atoms with van der Waals surface area (Å²) >= 11 is 0. The van der Waals surface area contributed by atoms with E-state index in [1.54, 1.807) is 12.1 Å². The fourth-order valence-corrected chi connectivity index (χ4v) is 3.07. The van der Waals surface area contributed by atoms with Crippen molar-refractivity contribution in [3.63, 3.8) is 0 Å². The first-order chi connectivity index (χ1) is 10.2. The van der Waals surface area contributed by atoms with E-state index in [1.165, 1.54) is 12.1 Å². The van der Waals surface area contributed by atoms with Crippen LogP contribution in [0.1, 0.15) is 31.8 Å². The van der Waals surface area contributed by atoms with E-state index < -0.39 is 43.5 Å². The number of fused-ring (bicyclic) bond motifs is 2. The van der Waals surface area contributed by atoms with Crippen molar-refractivity contribution in [2.75, 3.05) is 0 Å². The summed E-state index contributed by atoms with van der Waals surface area (Å²) in [5.41, 5.74) is -0.597. The number of ketones is 2. The average molecular weight is 319 g/mol. The number of sulfonamides is 1. The molecule has 0 aromatic heterocycles. The number of phenolic OH excluding ortho intramolecular Hbond substituents is 2. The lowest BCUT2D eigenvalue weighted by atomic mass is 9.83. The molecule has 0 radical (unpaired) electrons. The van der Waals surface area contributed by atoms with Gasteiger partial charge in [0.2, 0.25) is 10.0 Å². The molecule has 0 saturated carbocycles. The highest BCUT2D eigenvalue weighted by molar-refractivity contribution is 7.89. The number of rotatable bonds is 1. The average Bonchev–Trinajstić information content (AvgIpc) is 2.46. The number of primary sulfonamides is 1. The standard InChI is InChI=1S/C14H9NO6S/c15-22(20,21)9-5-8-10(14(19)13(9)18)12(17)7-4-2-1-3-6(7)11(8)16/h1-5,18-19H,(H2,15,20,21). The Kier molecular flexibility index (Phi) is 2.84. The van der Waals surface area contributed by atoms with Gasteiger partial charge in [-0.15, -0.1) is 0 Å². The highest BCUT2D eigenvalue weighted by Gasteiger charge is 2.35. The molecule has 8 heteroatoms. The van der Waals surface area contributed by atoms with Gasteiger partial charge in [0, 0.05) is 16.7 Å². The Morgan fingerprint density at radius 2 is 1.41 bits per heavy atom. The van der Waals surface area contributed by atoms with E-state index in [2.05, 4.69) is 0 Å². The molecular formula is C14H9NO6S. The molecule has 3 rings (SSSR count). The van der Waals surface area contributed by atoms with Crippen LogP contribution in [0.25, 0.3) is 0 Å². The van der Waals surface area contributed by atoms with Gasteiger partial charge in [0.05, 0.1) is 5.56 Å². The van der Waals surface area contributed by atoms with Crippen LogP contribution in [0.2, 0.25) is 0 Å². The minimum absolute atomic E-state index is 0.0676. The van der Waals surface area contributed by atoms with Crippen LogP contribution in [0.5, 0.6) is 11.5 Å². The minimum Gasteiger partial charge on any atom is -0.504 e. The maximum atomic E-state index is 12.4. The number of carbonyl (C=O) groups excluding carboxylic acids is 2. The highest BCUT2D eigenvalue weighted by Crippen LogP contribution is 2.41. The third kappa shape index (κ3) is 1.81. The third-order valence-electron chi connectivity index (χ3n) is 3.43. The number of nitrogens with two attached hydrogens (primary N) is 1. The summed E-state index contributed by atoms with van der Waals surface area (Å²) in [5, 5.41) is 24.7. The van der Waals surface area contributed by atoms with E-state index in [0.29, 0.717) is 0 Å². The molecule has 0 aliphatic heterocycles. The summed E-state index contributed by atoms with van der Waals surface area (Å²) in [5.74, 6) is -3.35. The molecule has 112 valence electrons. The van der Waals surface area contributed by atoms with Gasteiger partial charge < -0.3 is 10.2 Å². The van der Waals surface area contributed by atoms with Gasteiger partial charge in [-0.3, -0.25) is 9.59 Å². The molecule has 0 saturated heterocycles. The molecule has 1 aliphatic carbocycles.